The van der Waals surface area contributed by atoms with E-state index in [1.54, 1.807) is 11.3 Å². The Morgan fingerprint density at radius 3 is 2.72 bits per heavy atom. The highest BCUT2D eigenvalue weighted by Crippen LogP contribution is 2.41. The minimum absolute atomic E-state index is 0.0262. The van der Waals surface area contributed by atoms with Crippen LogP contribution >= 0.6 is 11.3 Å². The predicted octanol–water partition coefficient (Wildman–Crippen LogP) is 3.35. The molecule has 174 valence electrons. The molecule has 1 aliphatic carbocycles. The smallest absolute Gasteiger partial charge is 0.407 e. The molecule has 0 radical (unpaired) electrons. The van der Waals surface area contributed by atoms with E-state index in [9.17, 15) is 9.59 Å². The number of anilines is 1. The molecule has 8 nitrogen and oxygen atoms in total. The number of fused-ring (bicyclic) bond motifs is 3. The Labute approximate surface area is 193 Å². The molecule has 0 bridgehead atoms. The third-order valence-corrected chi connectivity index (χ3v) is 7.03. The number of aromatic nitrogens is 2. The number of alkyl carbamates (subject to hydrolysis) is 1. The normalized spacial score (nSPS) is 18.5. The van der Waals surface area contributed by atoms with Gasteiger partial charge in [0.25, 0.3) is 0 Å². The zero-order valence-electron chi connectivity index (χ0n) is 19.4. The fourth-order valence-electron chi connectivity index (χ4n) is 4.50. The third kappa shape index (κ3) is 5.14. The van der Waals surface area contributed by atoms with Crippen molar-refractivity contribution in [3.05, 3.63) is 16.3 Å². The first-order chi connectivity index (χ1) is 15.2. The van der Waals surface area contributed by atoms with Crippen LogP contribution in [-0.2, 0) is 22.4 Å². The minimum Gasteiger partial charge on any atom is -0.444 e. The van der Waals surface area contributed by atoms with E-state index in [0.717, 1.165) is 48.7 Å². The van der Waals surface area contributed by atoms with Gasteiger partial charge in [-0.05, 0) is 65.4 Å². The maximum Gasteiger partial charge on any atom is 0.407 e. The highest BCUT2D eigenvalue weighted by atomic mass is 32.1. The first-order valence-corrected chi connectivity index (χ1v) is 12.3. The Kier molecular flexibility index (Phi) is 6.55. The van der Waals surface area contributed by atoms with E-state index >= 15 is 0 Å². The number of hydrogen-bond acceptors (Lipinski definition) is 7. The van der Waals surface area contributed by atoms with Crippen LogP contribution in [0.25, 0.3) is 10.2 Å². The number of amides is 2. The van der Waals surface area contributed by atoms with E-state index in [1.165, 1.54) is 22.2 Å². The summed E-state index contributed by atoms with van der Waals surface area (Å²) in [5, 5.41) is 6.84. The standard InChI is InChI=1S/C23H33N5O3S/c1-14-26-19(18-16-8-5-9-17(16)32-21(18)27-14)28-12-6-7-15(13-28)20(29)24-10-11-25-22(30)31-23(2,3)4/h15H,5-13H2,1-4H3,(H,24,29)(H,25,30). The number of nitrogens with zero attached hydrogens (tertiary/aromatic N) is 3. The lowest BCUT2D eigenvalue weighted by molar-refractivity contribution is -0.125. The fraction of sp³-hybridized carbons (Fsp3) is 0.652. The van der Waals surface area contributed by atoms with E-state index in [1.807, 2.05) is 27.7 Å². The van der Waals surface area contributed by atoms with Gasteiger partial charge in [-0.15, -0.1) is 11.3 Å². The third-order valence-electron chi connectivity index (χ3n) is 5.84. The monoisotopic (exact) mass is 459 g/mol. The maximum atomic E-state index is 12.8. The molecule has 3 heterocycles. The van der Waals surface area contributed by atoms with Crippen molar-refractivity contribution in [1.82, 2.24) is 20.6 Å². The van der Waals surface area contributed by atoms with Gasteiger partial charge in [0, 0.05) is 31.1 Å². The fourth-order valence-corrected chi connectivity index (χ4v) is 5.80. The summed E-state index contributed by atoms with van der Waals surface area (Å²) in [4.78, 5) is 38.9. The second-order valence-corrected chi connectivity index (χ2v) is 10.7. The van der Waals surface area contributed by atoms with E-state index in [2.05, 4.69) is 15.5 Å². The summed E-state index contributed by atoms with van der Waals surface area (Å²) >= 11 is 1.80. The summed E-state index contributed by atoms with van der Waals surface area (Å²) in [5.74, 6) is 1.71. The van der Waals surface area contributed by atoms with Gasteiger partial charge in [-0.1, -0.05) is 0 Å². The van der Waals surface area contributed by atoms with Crippen molar-refractivity contribution in [2.75, 3.05) is 31.1 Å². The zero-order chi connectivity index (χ0) is 22.9. The Balaban J connectivity index is 1.37. The topological polar surface area (TPSA) is 96.5 Å². The van der Waals surface area contributed by atoms with Gasteiger partial charge in [-0.3, -0.25) is 4.79 Å². The van der Waals surface area contributed by atoms with Gasteiger partial charge in [0.15, 0.2) is 0 Å². The van der Waals surface area contributed by atoms with Gasteiger partial charge >= 0.3 is 6.09 Å². The Morgan fingerprint density at radius 2 is 1.94 bits per heavy atom. The number of aryl methyl sites for hydroxylation is 3. The molecule has 4 rings (SSSR count). The molecule has 2 N–H and O–H groups in total. The van der Waals surface area contributed by atoms with Gasteiger partial charge in [-0.2, -0.15) is 0 Å². The van der Waals surface area contributed by atoms with Crippen LogP contribution in [0.5, 0.6) is 0 Å². The number of ether oxygens (including phenoxy) is 1. The van der Waals surface area contributed by atoms with Crippen LogP contribution in [0, 0.1) is 12.8 Å². The number of thiophene rings is 1. The molecule has 1 unspecified atom stereocenters. The van der Waals surface area contributed by atoms with Crippen LogP contribution in [-0.4, -0.2) is 53.7 Å². The molecule has 1 atom stereocenters. The molecule has 0 saturated carbocycles. The van der Waals surface area contributed by atoms with Crippen molar-refractivity contribution in [1.29, 1.82) is 0 Å². The van der Waals surface area contributed by atoms with Gasteiger partial charge in [0.05, 0.1) is 11.3 Å². The SMILES string of the molecule is Cc1nc(N2CCCC(C(=O)NCCNC(=O)OC(C)(C)C)C2)c2c3c(sc2n1)CCC3. The van der Waals surface area contributed by atoms with Crippen molar-refractivity contribution in [3.63, 3.8) is 0 Å². The van der Waals surface area contributed by atoms with Crippen LogP contribution in [0.15, 0.2) is 0 Å². The number of carbonyl (C=O) groups excluding carboxylic acids is 2. The van der Waals surface area contributed by atoms with Gasteiger partial charge < -0.3 is 20.3 Å². The van der Waals surface area contributed by atoms with E-state index in [-0.39, 0.29) is 11.8 Å². The summed E-state index contributed by atoms with van der Waals surface area (Å²) < 4.78 is 5.21. The van der Waals surface area contributed by atoms with Crippen molar-refractivity contribution >= 4 is 39.4 Å². The van der Waals surface area contributed by atoms with Gasteiger partial charge in [0.2, 0.25) is 5.91 Å². The largest absolute Gasteiger partial charge is 0.444 e. The maximum absolute atomic E-state index is 12.8. The summed E-state index contributed by atoms with van der Waals surface area (Å²) in [6, 6.07) is 0. The molecule has 2 amide bonds. The lowest BCUT2D eigenvalue weighted by atomic mass is 9.96. The summed E-state index contributed by atoms with van der Waals surface area (Å²) in [6.07, 6.45) is 4.77. The number of rotatable bonds is 5. The van der Waals surface area contributed by atoms with Gasteiger partial charge in [-0.25, -0.2) is 14.8 Å². The average Bonchev–Trinajstić information content (AvgIpc) is 3.30. The minimum atomic E-state index is -0.535. The molecule has 0 spiro atoms. The molecule has 2 aliphatic rings. The van der Waals surface area contributed by atoms with Crippen molar-refractivity contribution in [2.45, 2.75) is 65.4 Å². The molecule has 2 aromatic heterocycles. The molecule has 1 fully saturated rings. The van der Waals surface area contributed by atoms with Crippen LogP contribution in [0.2, 0.25) is 0 Å². The molecule has 0 aromatic carbocycles. The number of hydrogen-bond donors (Lipinski definition) is 2. The molecular formula is C23H33N5O3S. The second kappa shape index (κ2) is 9.21. The highest BCUT2D eigenvalue weighted by molar-refractivity contribution is 7.19. The van der Waals surface area contributed by atoms with Crippen molar-refractivity contribution in [2.24, 2.45) is 5.92 Å². The molecule has 1 saturated heterocycles. The number of carbonyl (C=O) groups is 2. The van der Waals surface area contributed by atoms with E-state index in [0.29, 0.717) is 19.6 Å². The van der Waals surface area contributed by atoms with E-state index in [4.69, 9.17) is 14.7 Å². The Bertz CT molecular complexity index is 1010. The summed E-state index contributed by atoms with van der Waals surface area (Å²) in [6.45, 7) is 9.68. The molecule has 1 aliphatic heterocycles. The lowest BCUT2D eigenvalue weighted by Gasteiger charge is -2.33. The molecule has 2 aromatic rings. The van der Waals surface area contributed by atoms with Crippen LogP contribution in [0.3, 0.4) is 0 Å². The first kappa shape index (κ1) is 22.8. The number of piperidine rings is 1. The first-order valence-electron chi connectivity index (χ1n) is 11.5. The summed E-state index contributed by atoms with van der Waals surface area (Å²) in [7, 11) is 0. The molecular weight excluding hydrogens is 426 g/mol. The Morgan fingerprint density at radius 1 is 1.16 bits per heavy atom. The average molecular weight is 460 g/mol. The van der Waals surface area contributed by atoms with Crippen LogP contribution in [0.1, 0.15) is 56.3 Å². The van der Waals surface area contributed by atoms with Crippen LogP contribution in [0.4, 0.5) is 10.6 Å². The second-order valence-electron chi connectivity index (χ2n) is 9.64. The Hall–Kier alpha value is -2.42. The zero-order valence-corrected chi connectivity index (χ0v) is 20.2. The van der Waals surface area contributed by atoms with Crippen LogP contribution < -0.4 is 15.5 Å². The molecule has 32 heavy (non-hydrogen) atoms. The highest BCUT2D eigenvalue weighted by Gasteiger charge is 2.30. The van der Waals surface area contributed by atoms with Gasteiger partial charge in [0.1, 0.15) is 22.1 Å². The molecule has 9 heteroatoms. The lowest BCUT2D eigenvalue weighted by Crippen LogP contribution is -2.45. The van der Waals surface area contributed by atoms with Crippen molar-refractivity contribution in [3.8, 4) is 0 Å². The van der Waals surface area contributed by atoms with Crippen molar-refractivity contribution < 1.29 is 14.3 Å². The summed E-state index contributed by atoms with van der Waals surface area (Å²) in [5.41, 5.74) is 0.881. The quantitative estimate of drug-likeness (QED) is 0.666. The predicted molar refractivity (Wildman–Crippen MR) is 126 cm³/mol. The van der Waals surface area contributed by atoms with E-state index < -0.39 is 11.7 Å². The number of nitrogens with one attached hydrogen (secondary N) is 2.